The highest BCUT2D eigenvalue weighted by atomic mass is 32.1. The maximum Gasteiger partial charge on any atom is 0.257 e. The molecule has 0 aliphatic carbocycles. The first-order valence-corrected chi connectivity index (χ1v) is 5.60. The van der Waals surface area contributed by atoms with E-state index in [2.05, 4.69) is 19.7 Å². The van der Waals surface area contributed by atoms with E-state index in [-0.39, 0.29) is 5.91 Å². The van der Waals surface area contributed by atoms with Crippen molar-refractivity contribution in [2.75, 3.05) is 12.4 Å². The van der Waals surface area contributed by atoms with Gasteiger partial charge in [-0.3, -0.25) is 15.1 Å². The second kappa shape index (κ2) is 5.46. The highest BCUT2D eigenvalue weighted by Crippen LogP contribution is 2.12. The smallest absolute Gasteiger partial charge is 0.257 e. The van der Waals surface area contributed by atoms with Crippen LogP contribution in [0.25, 0.3) is 0 Å². The maximum absolute atomic E-state index is 11.7. The minimum atomic E-state index is -0.229. The monoisotopic (exact) mass is 250 g/mol. The molecule has 2 aromatic heterocycles. The van der Waals surface area contributed by atoms with Gasteiger partial charge < -0.3 is 4.74 Å². The van der Waals surface area contributed by atoms with E-state index in [1.54, 1.807) is 31.6 Å². The van der Waals surface area contributed by atoms with Crippen molar-refractivity contribution >= 4 is 22.6 Å². The number of pyridine rings is 1. The molecule has 88 valence electrons. The van der Waals surface area contributed by atoms with Crippen molar-refractivity contribution in [2.24, 2.45) is 0 Å². The van der Waals surface area contributed by atoms with Crippen molar-refractivity contribution in [3.8, 4) is 0 Å². The summed E-state index contributed by atoms with van der Waals surface area (Å²) in [4.78, 5) is 19.7. The van der Waals surface area contributed by atoms with E-state index in [4.69, 9.17) is 4.74 Å². The van der Waals surface area contributed by atoms with E-state index in [1.807, 2.05) is 0 Å². The van der Waals surface area contributed by atoms with Gasteiger partial charge in [0.15, 0.2) is 5.82 Å². The average molecular weight is 250 g/mol. The van der Waals surface area contributed by atoms with Crippen molar-refractivity contribution in [3.63, 3.8) is 0 Å². The number of hydrogen-bond acceptors (Lipinski definition) is 6. The molecule has 0 fully saturated rings. The summed E-state index contributed by atoms with van der Waals surface area (Å²) in [5.74, 6) is 0.329. The van der Waals surface area contributed by atoms with Crippen LogP contribution in [0.5, 0.6) is 0 Å². The first-order valence-electron chi connectivity index (χ1n) is 4.82. The summed E-state index contributed by atoms with van der Waals surface area (Å²) in [6, 6.07) is 3.26. The van der Waals surface area contributed by atoms with Gasteiger partial charge in [0.05, 0.1) is 0 Å². The number of nitrogens with one attached hydrogen (secondary N) is 1. The Balaban J connectivity index is 2.03. The Morgan fingerprint density at radius 3 is 2.94 bits per heavy atom. The predicted molar refractivity (Wildman–Crippen MR) is 62.8 cm³/mol. The summed E-state index contributed by atoms with van der Waals surface area (Å²) < 4.78 is 8.92. The molecule has 0 aromatic carbocycles. The third kappa shape index (κ3) is 3.05. The summed E-state index contributed by atoms with van der Waals surface area (Å²) >= 11 is 1.12. The van der Waals surface area contributed by atoms with Crippen molar-refractivity contribution in [1.82, 2.24) is 14.3 Å². The van der Waals surface area contributed by atoms with Gasteiger partial charge in [0.2, 0.25) is 5.13 Å². The molecule has 0 spiro atoms. The zero-order valence-electron chi connectivity index (χ0n) is 9.08. The fourth-order valence-corrected chi connectivity index (χ4v) is 1.73. The van der Waals surface area contributed by atoms with Gasteiger partial charge in [-0.25, -0.2) is 4.98 Å². The second-order valence-electron chi connectivity index (χ2n) is 3.14. The van der Waals surface area contributed by atoms with Gasteiger partial charge in [-0.15, -0.1) is 0 Å². The Labute approximate surface area is 102 Å². The predicted octanol–water partition coefficient (Wildman–Crippen LogP) is 1.33. The van der Waals surface area contributed by atoms with E-state index in [9.17, 15) is 4.79 Å². The van der Waals surface area contributed by atoms with Crippen molar-refractivity contribution in [3.05, 3.63) is 35.9 Å². The van der Waals surface area contributed by atoms with E-state index >= 15 is 0 Å². The molecule has 0 atom stereocenters. The van der Waals surface area contributed by atoms with Gasteiger partial charge in [0, 0.05) is 36.6 Å². The van der Waals surface area contributed by atoms with Gasteiger partial charge in [-0.1, -0.05) is 0 Å². The number of hydrogen-bond donors (Lipinski definition) is 1. The Bertz CT molecular complexity index is 500. The lowest BCUT2D eigenvalue weighted by Gasteiger charge is -1.99. The van der Waals surface area contributed by atoms with E-state index in [0.717, 1.165) is 11.5 Å². The molecule has 0 aliphatic rings. The number of carbonyl (C=O) groups is 1. The van der Waals surface area contributed by atoms with Crippen LogP contribution in [0, 0.1) is 0 Å². The van der Waals surface area contributed by atoms with Gasteiger partial charge in [0.25, 0.3) is 5.91 Å². The number of anilines is 1. The summed E-state index contributed by atoms with van der Waals surface area (Å²) in [7, 11) is 1.57. The molecule has 7 heteroatoms. The summed E-state index contributed by atoms with van der Waals surface area (Å²) in [5, 5.41) is 3.12. The Kier molecular flexibility index (Phi) is 3.73. The Morgan fingerprint density at radius 2 is 2.24 bits per heavy atom. The Morgan fingerprint density at radius 1 is 1.47 bits per heavy atom. The number of nitrogens with zero attached hydrogens (tertiary/aromatic N) is 3. The number of rotatable bonds is 4. The maximum atomic E-state index is 11.7. The number of methoxy groups -OCH3 is 1. The van der Waals surface area contributed by atoms with Crippen molar-refractivity contribution in [2.45, 2.75) is 6.61 Å². The molecule has 0 saturated heterocycles. The number of ether oxygens (including phenoxy) is 1. The molecule has 6 nitrogen and oxygen atoms in total. The third-order valence-electron chi connectivity index (χ3n) is 1.90. The number of aromatic nitrogens is 3. The molecular formula is C10H10N4O2S. The van der Waals surface area contributed by atoms with Crippen LogP contribution in [0.1, 0.15) is 16.2 Å². The standard InChI is InChI=1S/C10H10N4O2S/c1-16-6-8-12-10(17-14-8)13-9(15)7-2-4-11-5-3-7/h2-5H,6H2,1H3,(H,12,13,14,15). The summed E-state index contributed by atoms with van der Waals surface area (Å²) in [5.41, 5.74) is 0.531. The fourth-order valence-electron chi connectivity index (χ4n) is 1.17. The molecule has 17 heavy (non-hydrogen) atoms. The van der Waals surface area contributed by atoms with Gasteiger partial charge >= 0.3 is 0 Å². The minimum Gasteiger partial charge on any atom is -0.377 e. The zero-order valence-corrected chi connectivity index (χ0v) is 9.90. The van der Waals surface area contributed by atoms with E-state index in [0.29, 0.717) is 23.1 Å². The molecule has 0 bridgehead atoms. The summed E-state index contributed by atoms with van der Waals surface area (Å²) in [6.07, 6.45) is 3.12. The molecule has 2 aromatic rings. The average Bonchev–Trinajstić information content (AvgIpc) is 2.78. The van der Waals surface area contributed by atoms with Crippen LogP contribution in [0.3, 0.4) is 0 Å². The molecule has 2 heterocycles. The molecule has 0 radical (unpaired) electrons. The zero-order chi connectivity index (χ0) is 12.1. The van der Waals surface area contributed by atoms with Crippen molar-refractivity contribution < 1.29 is 9.53 Å². The van der Waals surface area contributed by atoms with Crippen LogP contribution in [0.4, 0.5) is 5.13 Å². The van der Waals surface area contributed by atoms with Crippen LogP contribution in [-0.4, -0.2) is 27.4 Å². The lowest BCUT2D eigenvalue weighted by atomic mass is 10.2. The molecular weight excluding hydrogens is 240 g/mol. The van der Waals surface area contributed by atoms with Crippen LogP contribution >= 0.6 is 11.5 Å². The van der Waals surface area contributed by atoms with Crippen LogP contribution in [0.2, 0.25) is 0 Å². The molecule has 0 aliphatic heterocycles. The topological polar surface area (TPSA) is 77.0 Å². The van der Waals surface area contributed by atoms with Crippen LogP contribution in [0.15, 0.2) is 24.5 Å². The molecule has 1 amide bonds. The van der Waals surface area contributed by atoms with Crippen LogP contribution in [-0.2, 0) is 11.3 Å². The first kappa shape index (κ1) is 11.6. The highest BCUT2D eigenvalue weighted by Gasteiger charge is 2.09. The summed E-state index contributed by atoms with van der Waals surface area (Å²) in [6.45, 7) is 0.335. The minimum absolute atomic E-state index is 0.229. The van der Waals surface area contributed by atoms with Crippen molar-refractivity contribution in [1.29, 1.82) is 0 Å². The Hall–Kier alpha value is -1.86. The highest BCUT2D eigenvalue weighted by molar-refractivity contribution is 7.09. The fraction of sp³-hybridized carbons (Fsp3) is 0.200. The SMILES string of the molecule is COCc1nsc(NC(=O)c2ccncc2)n1. The molecule has 2 rings (SSSR count). The largest absolute Gasteiger partial charge is 0.377 e. The van der Waals surface area contributed by atoms with E-state index in [1.165, 1.54) is 0 Å². The van der Waals surface area contributed by atoms with E-state index < -0.39 is 0 Å². The second-order valence-corrected chi connectivity index (χ2v) is 3.89. The molecule has 1 N–H and O–H groups in total. The third-order valence-corrected chi connectivity index (χ3v) is 2.57. The lowest BCUT2D eigenvalue weighted by molar-refractivity contribution is 0.102. The number of carbonyl (C=O) groups excluding carboxylic acids is 1. The molecule has 0 saturated carbocycles. The normalized spacial score (nSPS) is 10.2. The quantitative estimate of drug-likeness (QED) is 0.885. The molecule has 0 unspecified atom stereocenters. The van der Waals surface area contributed by atoms with Gasteiger partial charge in [0.1, 0.15) is 6.61 Å². The number of amides is 1. The lowest BCUT2D eigenvalue weighted by Crippen LogP contribution is -2.11. The van der Waals surface area contributed by atoms with Gasteiger partial charge in [-0.2, -0.15) is 4.37 Å². The first-order chi connectivity index (χ1) is 8.29. The van der Waals surface area contributed by atoms with Crippen LogP contribution < -0.4 is 5.32 Å². The van der Waals surface area contributed by atoms with Gasteiger partial charge in [-0.05, 0) is 12.1 Å².